The van der Waals surface area contributed by atoms with Crippen LogP contribution in [0.4, 0.5) is 5.82 Å². The van der Waals surface area contributed by atoms with E-state index in [1.54, 1.807) is 12.1 Å². The number of hydrogen-bond donors (Lipinski definition) is 1. The zero-order valence-corrected chi connectivity index (χ0v) is 13.8. The number of nitrogens with zero attached hydrogens (tertiary/aromatic N) is 2. The van der Waals surface area contributed by atoms with Crippen LogP contribution in [0.15, 0.2) is 12.1 Å². The second kappa shape index (κ2) is 6.89. The Kier molecular flexibility index (Phi) is 5.72. The molecular formula is C16H26N2O3. The van der Waals surface area contributed by atoms with Crippen LogP contribution in [0.2, 0.25) is 0 Å². The fourth-order valence-electron chi connectivity index (χ4n) is 1.76. The van der Waals surface area contributed by atoms with Gasteiger partial charge in [0.25, 0.3) is 0 Å². The van der Waals surface area contributed by atoms with Gasteiger partial charge in [0.05, 0.1) is 18.3 Å². The maximum atomic E-state index is 11.3. The van der Waals surface area contributed by atoms with E-state index in [4.69, 9.17) is 4.74 Å². The third kappa shape index (κ3) is 5.34. The van der Waals surface area contributed by atoms with E-state index in [1.165, 1.54) is 0 Å². The molecule has 118 valence electrons. The van der Waals surface area contributed by atoms with Gasteiger partial charge in [0.15, 0.2) is 0 Å². The molecule has 0 atom stereocenters. The van der Waals surface area contributed by atoms with Gasteiger partial charge in [-0.05, 0) is 26.0 Å². The summed E-state index contributed by atoms with van der Waals surface area (Å²) in [5.41, 5.74) is 0.839. The molecule has 0 radical (unpaired) electrons. The van der Waals surface area contributed by atoms with Gasteiger partial charge in [-0.25, -0.2) is 9.78 Å². The third-order valence-corrected chi connectivity index (χ3v) is 3.10. The highest BCUT2D eigenvalue weighted by atomic mass is 16.5. The molecule has 0 bridgehead atoms. The van der Waals surface area contributed by atoms with E-state index in [0.29, 0.717) is 19.0 Å². The van der Waals surface area contributed by atoms with Crippen LogP contribution < -0.4 is 4.90 Å². The number of hydrogen-bond acceptors (Lipinski definition) is 4. The van der Waals surface area contributed by atoms with E-state index in [9.17, 15) is 9.90 Å². The van der Waals surface area contributed by atoms with Crippen molar-refractivity contribution < 1.29 is 14.6 Å². The van der Waals surface area contributed by atoms with Gasteiger partial charge in [-0.1, -0.05) is 20.8 Å². The molecule has 0 unspecified atom stereocenters. The third-order valence-electron chi connectivity index (χ3n) is 3.10. The Morgan fingerprint density at radius 1 is 1.38 bits per heavy atom. The Bertz CT molecular complexity index is 493. The van der Waals surface area contributed by atoms with Crippen LogP contribution in [0.25, 0.3) is 0 Å². The second-order valence-electron chi connectivity index (χ2n) is 6.50. The van der Waals surface area contributed by atoms with Gasteiger partial charge >= 0.3 is 5.97 Å². The molecule has 0 aliphatic heterocycles. The molecule has 0 saturated heterocycles. The van der Waals surface area contributed by atoms with Crippen molar-refractivity contribution in [3.8, 4) is 0 Å². The second-order valence-corrected chi connectivity index (χ2v) is 6.50. The maximum absolute atomic E-state index is 11.3. The first-order valence-electron chi connectivity index (χ1n) is 7.20. The van der Waals surface area contributed by atoms with Gasteiger partial charge in [-0.3, -0.25) is 0 Å². The minimum atomic E-state index is -0.934. The van der Waals surface area contributed by atoms with Crippen LogP contribution in [0.1, 0.15) is 50.7 Å². The molecule has 1 heterocycles. The average molecular weight is 294 g/mol. The van der Waals surface area contributed by atoms with Gasteiger partial charge in [0, 0.05) is 24.7 Å². The molecule has 21 heavy (non-hydrogen) atoms. The zero-order valence-electron chi connectivity index (χ0n) is 13.8. The number of carboxylic acids is 1. The number of carbonyl (C=O) groups is 1. The summed E-state index contributed by atoms with van der Waals surface area (Å²) in [4.78, 5) is 17.8. The Morgan fingerprint density at radius 2 is 2.00 bits per heavy atom. The normalized spacial score (nSPS) is 11.8. The summed E-state index contributed by atoms with van der Waals surface area (Å²) in [6.45, 7) is 11.3. The first-order valence-corrected chi connectivity index (χ1v) is 7.20. The number of anilines is 1. The van der Waals surface area contributed by atoms with Crippen LogP contribution in [0.3, 0.4) is 0 Å². The molecular weight excluding hydrogens is 268 g/mol. The van der Waals surface area contributed by atoms with Crippen molar-refractivity contribution in [2.24, 2.45) is 0 Å². The quantitative estimate of drug-likeness (QED) is 0.874. The topological polar surface area (TPSA) is 62.7 Å². The van der Waals surface area contributed by atoms with Crippen molar-refractivity contribution in [1.82, 2.24) is 4.98 Å². The average Bonchev–Trinajstić information content (AvgIpc) is 2.36. The van der Waals surface area contributed by atoms with Crippen molar-refractivity contribution in [2.75, 3.05) is 25.1 Å². The number of rotatable bonds is 6. The van der Waals surface area contributed by atoms with Crippen molar-refractivity contribution >= 4 is 11.8 Å². The molecule has 0 spiro atoms. The predicted octanol–water partition coefficient (Wildman–Crippen LogP) is 2.94. The summed E-state index contributed by atoms with van der Waals surface area (Å²) in [7, 11) is 1.89. The van der Waals surface area contributed by atoms with Crippen LogP contribution in [-0.2, 0) is 10.2 Å². The van der Waals surface area contributed by atoms with E-state index < -0.39 is 5.97 Å². The van der Waals surface area contributed by atoms with Gasteiger partial charge < -0.3 is 14.7 Å². The molecule has 1 rings (SSSR count). The Morgan fingerprint density at radius 3 is 2.48 bits per heavy atom. The number of aromatic carboxylic acids is 1. The highest BCUT2D eigenvalue weighted by molar-refractivity contribution is 5.88. The van der Waals surface area contributed by atoms with Crippen molar-refractivity contribution in [2.45, 2.75) is 46.1 Å². The first-order chi connectivity index (χ1) is 9.61. The number of likely N-dealkylation sites (N-methyl/N-ethyl adjacent to an activating group) is 1. The lowest BCUT2D eigenvalue weighted by molar-refractivity contribution is 0.0696. The van der Waals surface area contributed by atoms with E-state index >= 15 is 0 Å². The Labute approximate surface area is 126 Å². The summed E-state index contributed by atoms with van der Waals surface area (Å²) in [5, 5.41) is 9.26. The van der Waals surface area contributed by atoms with E-state index in [1.807, 2.05) is 46.6 Å². The lowest BCUT2D eigenvalue weighted by Crippen LogP contribution is -2.26. The maximum Gasteiger partial charge on any atom is 0.335 e. The molecule has 1 aromatic heterocycles. The minimum absolute atomic E-state index is 0.182. The standard InChI is InChI=1S/C16H26N2O3/c1-11(2)21-8-7-18(6)14-10-12(15(19)20)9-13(17-14)16(3,4)5/h9-11H,7-8H2,1-6H3,(H,19,20). The Hall–Kier alpha value is -1.62. The first kappa shape index (κ1) is 17.4. The number of pyridine rings is 1. The monoisotopic (exact) mass is 294 g/mol. The van der Waals surface area contributed by atoms with Gasteiger partial charge in [0.2, 0.25) is 0 Å². The van der Waals surface area contributed by atoms with Gasteiger partial charge in [0.1, 0.15) is 5.82 Å². The van der Waals surface area contributed by atoms with Crippen LogP contribution in [0.5, 0.6) is 0 Å². The molecule has 5 heteroatoms. The summed E-state index contributed by atoms with van der Waals surface area (Å²) < 4.78 is 5.52. The fourth-order valence-corrected chi connectivity index (χ4v) is 1.76. The van der Waals surface area contributed by atoms with Crippen molar-refractivity contribution in [3.05, 3.63) is 23.4 Å². The molecule has 0 saturated carbocycles. The van der Waals surface area contributed by atoms with Gasteiger partial charge in [-0.15, -0.1) is 0 Å². The number of carboxylic acid groups (broad SMARTS) is 1. The lowest BCUT2D eigenvalue weighted by atomic mass is 9.90. The van der Waals surface area contributed by atoms with Crippen LogP contribution in [-0.4, -0.2) is 42.4 Å². The molecule has 0 amide bonds. The van der Waals surface area contributed by atoms with E-state index in [-0.39, 0.29) is 17.1 Å². The molecule has 0 aliphatic rings. The summed E-state index contributed by atoms with van der Waals surface area (Å²) in [6, 6.07) is 3.25. The molecule has 0 fully saturated rings. The van der Waals surface area contributed by atoms with Crippen molar-refractivity contribution in [3.63, 3.8) is 0 Å². The summed E-state index contributed by atoms with van der Waals surface area (Å²) >= 11 is 0. The van der Waals surface area contributed by atoms with Crippen molar-refractivity contribution in [1.29, 1.82) is 0 Å². The zero-order chi connectivity index (χ0) is 16.2. The Balaban J connectivity index is 3.00. The molecule has 5 nitrogen and oxygen atoms in total. The predicted molar refractivity (Wildman–Crippen MR) is 84.3 cm³/mol. The minimum Gasteiger partial charge on any atom is -0.478 e. The highest BCUT2D eigenvalue weighted by Gasteiger charge is 2.20. The van der Waals surface area contributed by atoms with Crippen LogP contribution in [0, 0.1) is 0 Å². The molecule has 0 aromatic carbocycles. The van der Waals surface area contributed by atoms with E-state index in [2.05, 4.69) is 4.98 Å². The lowest BCUT2D eigenvalue weighted by Gasteiger charge is -2.24. The molecule has 0 aliphatic carbocycles. The van der Waals surface area contributed by atoms with Crippen LogP contribution >= 0.6 is 0 Å². The highest BCUT2D eigenvalue weighted by Crippen LogP contribution is 2.24. The van der Waals surface area contributed by atoms with E-state index in [0.717, 1.165) is 5.69 Å². The van der Waals surface area contributed by atoms with Gasteiger partial charge in [-0.2, -0.15) is 0 Å². The molecule has 1 aromatic rings. The summed E-state index contributed by atoms with van der Waals surface area (Å²) in [6.07, 6.45) is 0.182. The SMILES string of the molecule is CC(C)OCCN(C)c1cc(C(=O)O)cc(C(C)(C)C)n1. The molecule has 1 N–H and O–H groups in total. The smallest absolute Gasteiger partial charge is 0.335 e. The fraction of sp³-hybridized carbons (Fsp3) is 0.625. The largest absolute Gasteiger partial charge is 0.478 e. The number of ether oxygens (including phenoxy) is 1. The number of aromatic nitrogens is 1. The summed E-state index contributed by atoms with van der Waals surface area (Å²) in [5.74, 6) is -0.275.